The fourth-order valence-electron chi connectivity index (χ4n) is 3.94. The smallest absolute Gasteiger partial charge is 0.389 e. The molecule has 0 rings (SSSR count). The number of thioether (sulfide) groups is 2. The molecule has 0 atom stereocenters. The largest absolute Gasteiger partial charge is 0.480 e. The Hall–Kier alpha value is -2.21. The molecule has 1 N–H and O–H groups in total. The molecule has 30 heteroatoms. The van der Waals surface area contributed by atoms with E-state index in [-0.39, 0.29) is 43.1 Å². The maximum Gasteiger partial charge on any atom is 0.389 e. The van der Waals surface area contributed by atoms with Gasteiger partial charge >= 0.3 is 48.6 Å². The van der Waals surface area contributed by atoms with Gasteiger partial charge in [0.25, 0.3) is 0 Å². The number of carboxylic acids is 1. The lowest BCUT2D eigenvalue weighted by atomic mass is 10.2. The van der Waals surface area contributed by atoms with E-state index in [0.717, 1.165) is 39.5 Å². The Morgan fingerprint density at radius 3 is 1.09 bits per heavy atom. The second-order valence-electron chi connectivity index (χ2n) is 16.2. The molecule has 0 aliphatic carbocycles. The Kier molecular flexibility index (Phi) is 36.8. The second-order valence-corrected chi connectivity index (χ2v) is 25.8. The van der Waals surface area contributed by atoms with Gasteiger partial charge < -0.3 is 19.3 Å². The molecule has 0 aliphatic rings. The van der Waals surface area contributed by atoms with Crippen molar-refractivity contribution < 1.29 is 113 Å². The van der Waals surface area contributed by atoms with Gasteiger partial charge in [0.2, 0.25) is 0 Å². The first-order valence-corrected chi connectivity index (χ1v) is 27.1. The van der Waals surface area contributed by atoms with Gasteiger partial charge in [0.05, 0.1) is 31.3 Å². The Morgan fingerprint density at radius 1 is 0.500 bits per heavy atom. The molecule has 0 saturated carbocycles. The predicted molar refractivity (Wildman–Crippen MR) is 247 cm³/mol. The molecule has 420 valence electrons. The predicted octanol–water partition coefficient (Wildman–Crippen LogP) is 11.4. The van der Waals surface area contributed by atoms with Crippen LogP contribution >= 0.6 is 39.5 Å². The van der Waals surface area contributed by atoms with Crippen LogP contribution in [0.1, 0.15) is 134 Å². The highest BCUT2D eigenvalue weighted by Crippen LogP contribution is 2.31. The van der Waals surface area contributed by atoms with Crippen molar-refractivity contribution in [2.75, 3.05) is 42.4 Å². The van der Waals surface area contributed by atoms with E-state index >= 15 is 0 Å². The van der Waals surface area contributed by atoms with Crippen LogP contribution in [0.5, 0.6) is 0 Å². The van der Waals surface area contributed by atoms with Gasteiger partial charge in [-0.25, -0.2) is 16.8 Å². The van der Waals surface area contributed by atoms with Crippen molar-refractivity contribution in [3.63, 3.8) is 0 Å². The van der Waals surface area contributed by atoms with Gasteiger partial charge in [0.15, 0.2) is 34.3 Å². The molecule has 0 saturated heterocycles. The first-order valence-electron chi connectivity index (χ1n) is 20.8. The van der Waals surface area contributed by atoms with Crippen molar-refractivity contribution in [1.82, 2.24) is 0 Å². The van der Waals surface area contributed by atoms with Gasteiger partial charge in [0, 0.05) is 37.9 Å². The molecule has 70 heavy (non-hydrogen) atoms. The molecular weight excluding hydrogens is 1120 g/mol. The number of alkyl halides is 13. The molecule has 0 spiro atoms. The third-order valence-electron chi connectivity index (χ3n) is 8.18. The van der Waals surface area contributed by atoms with Crippen LogP contribution in [0.15, 0.2) is 0 Å². The summed E-state index contributed by atoms with van der Waals surface area (Å²) in [5.74, 6) is -4.43. The first kappa shape index (κ1) is 76.7. The summed E-state index contributed by atoms with van der Waals surface area (Å²) in [4.78, 5) is 55.4. The van der Waals surface area contributed by atoms with Gasteiger partial charge in [-0.2, -0.15) is 52.7 Å². The minimum Gasteiger partial charge on any atom is -0.480 e. The van der Waals surface area contributed by atoms with Crippen LogP contribution in [-0.2, 0) is 57.9 Å². The summed E-state index contributed by atoms with van der Waals surface area (Å²) in [6.45, 7) is 17.9. The lowest BCUT2D eigenvalue weighted by Gasteiger charge is -2.22. The Labute approximate surface area is 419 Å². The summed E-state index contributed by atoms with van der Waals surface area (Å²) >= 11 is 5.09. The monoisotopic (exact) mass is 1190 g/mol. The van der Waals surface area contributed by atoms with Crippen molar-refractivity contribution in [2.24, 2.45) is 0 Å². The van der Waals surface area contributed by atoms with Crippen LogP contribution in [0.4, 0.5) is 52.7 Å². The summed E-state index contributed by atoms with van der Waals surface area (Å²) < 4.78 is 196. The Morgan fingerprint density at radius 2 is 0.800 bits per heavy atom. The maximum absolute atomic E-state index is 11.9. The van der Waals surface area contributed by atoms with E-state index in [1.165, 1.54) is 25.6 Å². The number of sulfone groups is 2. The molecule has 0 fully saturated rings. The number of ether oxygens (including phenoxy) is 3. The number of hydrogen-bond acceptors (Lipinski definition) is 14. The molecule has 13 nitrogen and oxygen atoms in total. The molecular formula is C40H67BrF12O13S4. The third-order valence-corrected chi connectivity index (χ3v) is 16.2. The zero-order chi connectivity index (χ0) is 57.0. The molecule has 0 radical (unpaired) electrons. The van der Waals surface area contributed by atoms with Crippen molar-refractivity contribution in [3.05, 3.63) is 0 Å². The molecule has 0 unspecified atom stereocenters. The molecule has 0 aromatic rings. The number of esters is 3. The van der Waals surface area contributed by atoms with Crippen LogP contribution < -0.4 is 0 Å². The van der Waals surface area contributed by atoms with Crippen LogP contribution in [0.2, 0.25) is 0 Å². The SMILES string of the molecule is CC(C)(C(=O)O)S(=O)(=O)CCCC(F)(F)F.CCOC(=O)C(C)(C)S(=O)(=O)CCCC(F)(F)F.CCOC(=O)C(C)(C)SC(C)=O.CCOC(=O)C(C)(C)SCCCC(F)(F)F.FC(F)(F)CCCBr. The van der Waals surface area contributed by atoms with Crippen molar-refractivity contribution in [1.29, 1.82) is 0 Å². The average Bonchev–Trinajstić information content (AvgIpc) is 3.14. The van der Waals surface area contributed by atoms with Crippen LogP contribution in [-0.4, -0.2) is 137 Å². The topological polar surface area (TPSA) is 202 Å². The molecule has 0 amide bonds. The van der Waals surface area contributed by atoms with Crippen molar-refractivity contribution in [2.45, 2.75) is 178 Å². The van der Waals surface area contributed by atoms with E-state index in [2.05, 4.69) is 20.7 Å². The van der Waals surface area contributed by atoms with Crippen LogP contribution in [0, 0.1) is 0 Å². The number of halogens is 13. The van der Waals surface area contributed by atoms with E-state index in [1.54, 1.807) is 41.5 Å². The number of carboxylic acid groups (broad SMARTS) is 1. The molecule has 0 heterocycles. The summed E-state index contributed by atoms with van der Waals surface area (Å²) in [6, 6.07) is 0. The summed E-state index contributed by atoms with van der Waals surface area (Å²) in [5.41, 5.74) is 0. The van der Waals surface area contributed by atoms with Crippen LogP contribution in [0.3, 0.4) is 0 Å². The number of carbonyl (C=O) groups is 5. The highest BCUT2D eigenvalue weighted by atomic mass is 79.9. The highest BCUT2D eigenvalue weighted by Gasteiger charge is 2.44. The number of carbonyl (C=O) groups excluding carboxylic acids is 4. The maximum atomic E-state index is 11.9. The zero-order valence-electron chi connectivity index (χ0n) is 41.0. The quantitative estimate of drug-likeness (QED) is 0.0352. The zero-order valence-corrected chi connectivity index (χ0v) is 45.9. The van der Waals surface area contributed by atoms with Crippen molar-refractivity contribution in [3.8, 4) is 0 Å². The van der Waals surface area contributed by atoms with Gasteiger partial charge in [-0.3, -0.25) is 24.0 Å². The molecule has 0 bridgehead atoms. The number of hydrogen-bond donors (Lipinski definition) is 1. The van der Waals surface area contributed by atoms with Gasteiger partial charge in [-0.15, -0.1) is 11.8 Å². The van der Waals surface area contributed by atoms with Gasteiger partial charge in [-0.05, 0) is 108 Å². The minimum atomic E-state index is -4.43. The third kappa shape index (κ3) is 39.3. The summed E-state index contributed by atoms with van der Waals surface area (Å²) in [6.07, 6.45) is -21.8. The average molecular weight is 1190 g/mol. The van der Waals surface area contributed by atoms with E-state index in [1.807, 2.05) is 0 Å². The van der Waals surface area contributed by atoms with E-state index in [9.17, 15) is 93.5 Å². The van der Waals surface area contributed by atoms with Gasteiger partial charge in [0.1, 0.15) is 9.49 Å². The lowest BCUT2D eigenvalue weighted by molar-refractivity contribution is -0.146. The molecule has 0 aromatic carbocycles. The first-order chi connectivity index (χ1) is 31.0. The fourth-order valence-corrected chi connectivity index (χ4v) is 8.70. The summed E-state index contributed by atoms with van der Waals surface area (Å²) in [5, 5.41) is 8.98. The van der Waals surface area contributed by atoms with Gasteiger partial charge in [-0.1, -0.05) is 27.7 Å². The lowest BCUT2D eigenvalue weighted by Crippen LogP contribution is -2.43. The summed E-state index contributed by atoms with van der Waals surface area (Å²) in [7, 11) is -8.06. The second kappa shape index (κ2) is 33.6. The molecule has 0 aromatic heterocycles. The van der Waals surface area contributed by atoms with E-state index in [4.69, 9.17) is 14.6 Å². The Bertz CT molecular complexity index is 1780. The van der Waals surface area contributed by atoms with E-state index < -0.39 is 125 Å². The number of rotatable bonds is 22. The standard InChI is InChI=1S/C10H17F3O4S.C10H17F3O2S.C8H13F3O4S.C8H14O3S.C4H6BrF3/c1-4-17-8(14)9(2,3)18(15,16)7-5-6-10(11,12)13;1-4-15-8(14)9(2,3)16-7-5-6-10(11,12)13;1-7(2,6(12)13)16(14,15)5-3-4-8(9,10)11;1-5-11-7(10)8(3,4)12-6(2)9;5-3-1-2-4(6,7)8/h4-7H2,1-3H3;4-7H2,1-3H3;3-5H2,1-2H3,(H,12,13);5H2,1-4H3;1-3H2. The minimum absolute atomic E-state index is 0.0142. The molecule has 0 aliphatic heterocycles. The van der Waals surface area contributed by atoms with Crippen molar-refractivity contribution >= 4 is 88.1 Å². The number of aliphatic carboxylic acids is 1. The van der Waals surface area contributed by atoms with Crippen LogP contribution in [0.25, 0.3) is 0 Å². The van der Waals surface area contributed by atoms with E-state index in [0.29, 0.717) is 17.7 Å². The Balaban J connectivity index is -0.000000257. The fraction of sp³-hybridized carbons (Fsp3) is 0.875. The normalized spacial score (nSPS) is 12.8. The highest BCUT2D eigenvalue weighted by molar-refractivity contribution is 9.09.